The molecule has 0 fully saturated rings. The Kier molecular flexibility index (Phi) is 5.73. The topological polar surface area (TPSA) is 60.5 Å². The van der Waals surface area contributed by atoms with Crippen LogP contribution in [0.4, 0.5) is 5.13 Å². The second kappa shape index (κ2) is 8.19. The third kappa shape index (κ3) is 3.96. The van der Waals surface area contributed by atoms with Gasteiger partial charge < -0.3 is 9.47 Å². The van der Waals surface area contributed by atoms with E-state index in [2.05, 4.69) is 29.4 Å². The molecule has 5 nitrogen and oxygen atoms in total. The van der Waals surface area contributed by atoms with Crippen LogP contribution in [0.15, 0.2) is 36.4 Å². The quantitative estimate of drug-likeness (QED) is 0.642. The Hall–Kier alpha value is -2.60. The van der Waals surface area contributed by atoms with Crippen molar-refractivity contribution in [1.29, 1.82) is 0 Å². The maximum absolute atomic E-state index is 12.5. The number of hydrogen-bond acceptors (Lipinski definition) is 5. The molecule has 1 N–H and O–H groups in total. The predicted octanol–water partition coefficient (Wildman–Crippen LogP) is 4.91. The standard InChI is InChI=1S/C20H22N2O3S/c1-4-5-6-13-7-9-15-18(11-13)26-20(21-15)22-19(23)14-8-10-16(24-2)17(12-14)25-3/h7-12H,4-6H2,1-3H3,(H,21,22,23). The maximum atomic E-state index is 12.5. The van der Waals surface area contributed by atoms with Gasteiger partial charge >= 0.3 is 0 Å². The van der Waals surface area contributed by atoms with Crippen LogP contribution in [0.5, 0.6) is 11.5 Å². The first kappa shape index (κ1) is 18.2. The van der Waals surface area contributed by atoms with Gasteiger partial charge in [0, 0.05) is 5.56 Å². The number of carbonyl (C=O) groups is 1. The molecule has 3 rings (SSSR count). The molecule has 0 saturated carbocycles. The molecule has 0 radical (unpaired) electrons. The highest BCUT2D eigenvalue weighted by molar-refractivity contribution is 7.22. The number of unbranched alkanes of at least 4 members (excludes halogenated alkanes) is 1. The first-order valence-corrected chi connectivity index (χ1v) is 9.39. The van der Waals surface area contributed by atoms with Gasteiger partial charge in [-0.25, -0.2) is 4.98 Å². The van der Waals surface area contributed by atoms with E-state index in [-0.39, 0.29) is 5.91 Å². The minimum Gasteiger partial charge on any atom is -0.493 e. The summed E-state index contributed by atoms with van der Waals surface area (Å²) in [6.45, 7) is 2.19. The zero-order valence-corrected chi connectivity index (χ0v) is 16.0. The number of rotatable bonds is 7. The number of aromatic nitrogens is 1. The van der Waals surface area contributed by atoms with Gasteiger partial charge in [0.15, 0.2) is 16.6 Å². The lowest BCUT2D eigenvalue weighted by Gasteiger charge is -2.09. The van der Waals surface area contributed by atoms with Crippen LogP contribution in [-0.2, 0) is 6.42 Å². The summed E-state index contributed by atoms with van der Waals surface area (Å²) in [6, 6.07) is 11.4. The Morgan fingerprint density at radius 2 is 1.92 bits per heavy atom. The largest absolute Gasteiger partial charge is 0.493 e. The van der Waals surface area contributed by atoms with E-state index in [1.807, 2.05) is 6.07 Å². The van der Waals surface area contributed by atoms with Crippen molar-refractivity contribution in [3.8, 4) is 11.5 Å². The number of aryl methyl sites for hydroxylation is 1. The summed E-state index contributed by atoms with van der Waals surface area (Å²) < 4.78 is 11.5. The first-order valence-electron chi connectivity index (χ1n) is 8.57. The van der Waals surface area contributed by atoms with Gasteiger partial charge in [0.2, 0.25) is 0 Å². The van der Waals surface area contributed by atoms with Gasteiger partial charge in [-0.05, 0) is 48.7 Å². The molecule has 0 bridgehead atoms. The van der Waals surface area contributed by atoms with E-state index >= 15 is 0 Å². The number of carbonyl (C=O) groups excluding carboxylic acids is 1. The van der Waals surface area contributed by atoms with E-state index in [0.717, 1.165) is 16.6 Å². The Labute approximate surface area is 157 Å². The van der Waals surface area contributed by atoms with Crippen molar-refractivity contribution >= 4 is 32.6 Å². The van der Waals surface area contributed by atoms with E-state index in [1.54, 1.807) is 32.4 Å². The molecule has 0 aliphatic carbocycles. The van der Waals surface area contributed by atoms with Gasteiger partial charge in [-0.1, -0.05) is 30.7 Å². The lowest BCUT2D eigenvalue weighted by Crippen LogP contribution is -2.11. The fourth-order valence-electron chi connectivity index (χ4n) is 2.71. The molecule has 0 aliphatic rings. The predicted molar refractivity (Wildman–Crippen MR) is 106 cm³/mol. The molecule has 3 aromatic rings. The van der Waals surface area contributed by atoms with Crippen molar-refractivity contribution < 1.29 is 14.3 Å². The fraction of sp³-hybridized carbons (Fsp3) is 0.300. The number of hydrogen-bond donors (Lipinski definition) is 1. The van der Waals surface area contributed by atoms with E-state index in [0.29, 0.717) is 22.2 Å². The van der Waals surface area contributed by atoms with Crippen LogP contribution >= 0.6 is 11.3 Å². The Morgan fingerprint density at radius 1 is 1.12 bits per heavy atom. The number of anilines is 1. The van der Waals surface area contributed by atoms with Gasteiger partial charge in [0.1, 0.15) is 0 Å². The summed E-state index contributed by atoms with van der Waals surface area (Å²) in [7, 11) is 3.11. The van der Waals surface area contributed by atoms with Crippen LogP contribution in [0, 0.1) is 0 Å². The zero-order chi connectivity index (χ0) is 18.5. The molecule has 0 spiro atoms. The highest BCUT2D eigenvalue weighted by Crippen LogP contribution is 2.30. The third-order valence-corrected chi connectivity index (χ3v) is 5.07. The Morgan fingerprint density at radius 3 is 2.65 bits per heavy atom. The minimum absolute atomic E-state index is 0.226. The Bertz CT molecular complexity index is 921. The van der Waals surface area contributed by atoms with Crippen molar-refractivity contribution in [2.45, 2.75) is 26.2 Å². The van der Waals surface area contributed by atoms with Crippen LogP contribution in [0.3, 0.4) is 0 Å². The van der Waals surface area contributed by atoms with Crippen molar-refractivity contribution in [2.75, 3.05) is 19.5 Å². The van der Waals surface area contributed by atoms with E-state index in [9.17, 15) is 4.79 Å². The number of fused-ring (bicyclic) bond motifs is 1. The average Bonchev–Trinajstić information content (AvgIpc) is 3.07. The molecule has 26 heavy (non-hydrogen) atoms. The molecule has 1 heterocycles. The monoisotopic (exact) mass is 370 g/mol. The molecule has 0 aliphatic heterocycles. The highest BCUT2D eigenvalue weighted by Gasteiger charge is 2.13. The first-order chi connectivity index (χ1) is 12.6. The van der Waals surface area contributed by atoms with Crippen molar-refractivity contribution in [1.82, 2.24) is 4.98 Å². The average molecular weight is 370 g/mol. The molecule has 2 aromatic carbocycles. The molecular formula is C20H22N2O3S. The summed E-state index contributed by atoms with van der Waals surface area (Å²) in [4.78, 5) is 17.0. The van der Waals surface area contributed by atoms with Gasteiger partial charge in [0.05, 0.1) is 24.4 Å². The van der Waals surface area contributed by atoms with E-state index in [4.69, 9.17) is 9.47 Å². The summed E-state index contributed by atoms with van der Waals surface area (Å²) >= 11 is 1.49. The normalized spacial score (nSPS) is 10.7. The Balaban J connectivity index is 1.78. The summed E-state index contributed by atoms with van der Waals surface area (Å²) in [5, 5.41) is 3.46. The zero-order valence-electron chi connectivity index (χ0n) is 15.2. The summed E-state index contributed by atoms with van der Waals surface area (Å²) in [6.07, 6.45) is 3.41. The molecule has 6 heteroatoms. The fourth-order valence-corrected chi connectivity index (χ4v) is 3.63. The number of nitrogens with zero attached hydrogens (tertiary/aromatic N) is 1. The smallest absolute Gasteiger partial charge is 0.257 e. The van der Waals surface area contributed by atoms with Crippen LogP contribution in [0.2, 0.25) is 0 Å². The van der Waals surface area contributed by atoms with E-state index in [1.165, 1.54) is 29.7 Å². The van der Waals surface area contributed by atoms with Crippen molar-refractivity contribution in [2.24, 2.45) is 0 Å². The van der Waals surface area contributed by atoms with Crippen LogP contribution < -0.4 is 14.8 Å². The number of methoxy groups -OCH3 is 2. The van der Waals surface area contributed by atoms with Crippen molar-refractivity contribution in [3.63, 3.8) is 0 Å². The van der Waals surface area contributed by atoms with E-state index < -0.39 is 0 Å². The summed E-state index contributed by atoms with van der Waals surface area (Å²) in [5.41, 5.74) is 2.70. The highest BCUT2D eigenvalue weighted by atomic mass is 32.1. The summed E-state index contributed by atoms with van der Waals surface area (Å²) in [5.74, 6) is 0.880. The number of amides is 1. The van der Waals surface area contributed by atoms with Crippen molar-refractivity contribution in [3.05, 3.63) is 47.5 Å². The number of nitrogens with one attached hydrogen (secondary N) is 1. The number of ether oxygens (including phenoxy) is 2. The minimum atomic E-state index is -0.226. The third-order valence-electron chi connectivity index (χ3n) is 4.14. The van der Waals surface area contributed by atoms with Crippen LogP contribution in [0.25, 0.3) is 10.2 Å². The van der Waals surface area contributed by atoms with Gasteiger partial charge in [-0.15, -0.1) is 0 Å². The second-order valence-corrected chi connectivity index (χ2v) is 6.98. The maximum Gasteiger partial charge on any atom is 0.257 e. The number of thiazole rings is 1. The molecule has 136 valence electrons. The van der Waals surface area contributed by atoms with Gasteiger partial charge in [-0.3, -0.25) is 10.1 Å². The number of benzene rings is 2. The lowest BCUT2D eigenvalue weighted by atomic mass is 10.1. The molecular weight excluding hydrogens is 348 g/mol. The lowest BCUT2D eigenvalue weighted by molar-refractivity contribution is 0.102. The SMILES string of the molecule is CCCCc1ccc2nc(NC(=O)c3ccc(OC)c(OC)c3)sc2c1. The second-order valence-electron chi connectivity index (χ2n) is 5.95. The molecule has 1 aromatic heterocycles. The molecule has 0 atom stereocenters. The molecule has 0 unspecified atom stereocenters. The molecule has 1 amide bonds. The van der Waals surface area contributed by atoms with Crippen LogP contribution in [0.1, 0.15) is 35.7 Å². The van der Waals surface area contributed by atoms with Gasteiger partial charge in [-0.2, -0.15) is 0 Å². The molecule has 0 saturated heterocycles. The van der Waals surface area contributed by atoms with Gasteiger partial charge in [0.25, 0.3) is 5.91 Å². The van der Waals surface area contributed by atoms with Crippen LogP contribution in [-0.4, -0.2) is 25.1 Å².